The minimum Gasteiger partial charge on any atom is -0.342 e. The Morgan fingerprint density at radius 1 is 1.23 bits per heavy atom. The van der Waals surface area contributed by atoms with Gasteiger partial charge < -0.3 is 5.32 Å². The first-order chi connectivity index (χ1) is 6.25. The van der Waals surface area contributed by atoms with Gasteiger partial charge in [0.15, 0.2) is 0 Å². The second-order valence-corrected chi connectivity index (χ2v) is 3.80. The van der Waals surface area contributed by atoms with E-state index in [1.165, 1.54) is 6.42 Å². The van der Waals surface area contributed by atoms with Crippen LogP contribution in [0.5, 0.6) is 0 Å². The summed E-state index contributed by atoms with van der Waals surface area (Å²) in [5, 5.41) is 3.74. The Bertz CT molecular complexity index is 253. The number of rotatable bonds is 4. The fraction of sp³-hybridized carbons (Fsp3) is 0.400. The first-order valence-corrected chi connectivity index (χ1v) is 5.26. The summed E-state index contributed by atoms with van der Waals surface area (Å²) in [7, 11) is 0. The van der Waals surface area contributed by atoms with E-state index in [1.807, 2.05) is 18.2 Å². The maximum Gasteiger partial charge on any atom is 0.104 e. The fourth-order valence-electron chi connectivity index (χ4n) is 1.18. The van der Waals surface area contributed by atoms with Crippen molar-refractivity contribution in [1.29, 1.82) is 0 Å². The molecule has 0 aliphatic carbocycles. The third kappa shape index (κ3) is 3.18. The summed E-state index contributed by atoms with van der Waals surface area (Å²) in [6.45, 7) is 4.14. The quantitative estimate of drug-likeness (QED) is 0.749. The third-order valence-corrected chi connectivity index (χ3v) is 2.61. The molecule has 2 N–H and O–H groups in total. The van der Waals surface area contributed by atoms with Gasteiger partial charge in [0.2, 0.25) is 0 Å². The van der Waals surface area contributed by atoms with Gasteiger partial charge in [-0.15, -0.1) is 0 Å². The Hall–Kier alpha value is -0.240. The molecule has 1 rings (SSSR count). The Labute approximate surface area is 89.0 Å². The van der Waals surface area contributed by atoms with Crippen LogP contribution in [0.25, 0.3) is 0 Å². The molecule has 0 aliphatic heterocycles. The van der Waals surface area contributed by atoms with Gasteiger partial charge in [-0.05, 0) is 18.6 Å². The van der Waals surface area contributed by atoms with E-state index in [4.69, 9.17) is 23.2 Å². The summed E-state index contributed by atoms with van der Waals surface area (Å²) < 4.78 is 0. The molecule has 0 unspecified atom stereocenters. The molecule has 0 spiro atoms. The number of halogens is 2. The number of hydrogen-bond donors (Lipinski definition) is 1. The summed E-state index contributed by atoms with van der Waals surface area (Å²) in [6.07, 6.45) is 1.17. The van der Waals surface area contributed by atoms with E-state index in [-0.39, 0.29) is 0 Å². The lowest BCUT2D eigenvalue weighted by Gasteiger charge is -2.04. The molecular formula is C10H14Cl2N+. The van der Waals surface area contributed by atoms with Gasteiger partial charge in [-0.3, -0.25) is 0 Å². The molecule has 72 valence electrons. The Kier molecular flexibility index (Phi) is 4.57. The van der Waals surface area contributed by atoms with Crippen LogP contribution in [0.2, 0.25) is 10.0 Å². The Balaban J connectivity index is 2.64. The van der Waals surface area contributed by atoms with E-state index in [9.17, 15) is 0 Å². The molecule has 0 bridgehead atoms. The molecule has 0 fully saturated rings. The van der Waals surface area contributed by atoms with Crippen LogP contribution in [0.3, 0.4) is 0 Å². The van der Waals surface area contributed by atoms with Gasteiger partial charge >= 0.3 is 0 Å². The molecule has 1 nitrogen and oxygen atoms in total. The van der Waals surface area contributed by atoms with Crippen molar-refractivity contribution in [2.24, 2.45) is 0 Å². The second kappa shape index (κ2) is 5.48. The van der Waals surface area contributed by atoms with Crippen LogP contribution in [0, 0.1) is 0 Å². The monoisotopic (exact) mass is 218 g/mol. The van der Waals surface area contributed by atoms with Crippen molar-refractivity contribution in [2.45, 2.75) is 19.9 Å². The molecule has 3 heteroatoms. The van der Waals surface area contributed by atoms with E-state index in [2.05, 4.69) is 12.2 Å². The van der Waals surface area contributed by atoms with Gasteiger partial charge in [-0.25, -0.2) is 0 Å². The zero-order valence-electron chi connectivity index (χ0n) is 7.69. The first kappa shape index (κ1) is 10.8. The molecule has 0 atom stereocenters. The fourth-order valence-corrected chi connectivity index (χ4v) is 1.73. The number of hydrogen-bond acceptors (Lipinski definition) is 0. The van der Waals surface area contributed by atoms with Crippen LogP contribution < -0.4 is 5.32 Å². The van der Waals surface area contributed by atoms with Crippen molar-refractivity contribution in [3.63, 3.8) is 0 Å². The van der Waals surface area contributed by atoms with Crippen LogP contribution in [-0.2, 0) is 6.54 Å². The highest BCUT2D eigenvalue weighted by Crippen LogP contribution is 2.22. The molecule has 0 heterocycles. The molecule has 0 saturated carbocycles. The highest BCUT2D eigenvalue weighted by Gasteiger charge is 2.05. The topological polar surface area (TPSA) is 16.6 Å². The predicted octanol–water partition coefficient (Wildman–Crippen LogP) is 2.47. The van der Waals surface area contributed by atoms with Crippen molar-refractivity contribution in [3.05, 3.63) is 33.8 Å². The van der Waals surface area contributed by atoms with Crippen molar-refractivity contribution in [2.75, 3.05) is 6.54 Å². The second-order valence-electron chi connectivity index (χ2n) is 2.98. The maximum atomic E-state index is 6.00. The molecule has 0 amide bonds. The molecule has 13 heavy (non-hydrogen) atoms. The number of nitrogens with two attached hydrogens (primary N) is 1. The minimum atomic E-state index is 0.764. The van der Waals surface area contributed by atoms with Gasteiger partial charge in [0.1, 0.15) is 6.54 Å². The molecule has 0 aliphatic rings. The van der Waals surface area contributed by atoms with E-state index < -0.39 is 0 Å². The van der Waals surface area contributed by atoms with E-state index in [0.29, 0.717) is 0 Å². The SMILES string of the molecule is CCC[NH2+]Cc1c(Cl)cccc1Cl. The van der Waals surface area contributed by atoms with E-state index in [1.54, 1.807) is 0 Å². The standard InChI is InChI=1S/C10H13Cl2N/c1-2-6-13-7-8-9(11)4-3-5-10(8)12/h3-5,13H,2,6-7H2,1H3/p+1. The molecular weight excluding hydrogens is 205 g/mol. The van der Waals surface area contributed by atoms with E-state index in [0.717, 1.165) is 28.7 Å². The maximum absolute atomic E-state index is 6.00. The van der Waals surface area contributed by atoms with Crippen molar-refractivity contribution in [1.82, 2.24) is 0 Å². The lowest BCUT2D eigenvalue weighted by molar-refractivity contribution is -0.670. The number of benzene rings is 1. The highest BCUT2D eigenvalue weighted by atomic mass is 35.5. The first-order valence-electron chi connectivity index (χ1n) is 4.50. The Morgan fingerprint density at radius 2 is 1.85 bits per heavy atom. The van der Waals surface area contributed by atoms with Crippen LogP contribution in [0.4, 0.5) is 0 Å². The largest absolute Gasteiger partial charge is 0.342 e. The average Bonchev–Trinajstić information content (AvgIpc) is 2.10. The van der Waals surface area contributed by atoms with E-state index >= 15 is 0 Å². The van der Waals surface area contributed by atoms with Crippen LogP contribution >= 0.6 is 23.2 Å². The smallest absolute Gasteiger partial charge is 0.104 e. The molecule has 0 radical (unpaired) electrons. The molecule has 1 aromatic rings. The van der Waals surface area contributed by atoms with Crippen LogP contribution in [-0.4, -0.2) is 6.54 Å². The average molecular weight is 219 g/mol. The predicted molar refractivity (Wildman–Crippen MR) is 57.2 cm³/mol. The minimum absolute atomic E-state index is 0.764. The zero-order chi connectivity index (χ0) is 9.68. The summed E-state index contributed by atoms with van der Waals surface area (Å²) in [4.78, 5) is 0. The van der Waals surface area contributed by atoms with Crippen LogP contribution in [0.15, 0.2) is 18.2 Å². The normalized spacial score (nSPS) is 10.4. The van der Waals surface area contributed by atoms with Crippen LogP contribution in [0.1, 0.15) is 18.9 Å². The highest BCUT2D eigenvalue weighted by molar-refractivity contribution is 6.35. The van der Waals surface area contributed by atoms with Crippen molar-refractivity contribution >= 4 is 23.2 Å². The number of quaternary nitrogens is 1. The van der Waals surface area contributed by atoms with Gasteiger partial charge in [0.05, 0.1) is 16.6 Å². The molecule has 0 saturated heterocycles. The van der Waals surface area contributed by atoms with Gasteiger partial charge in [-0.1, -0.05) is 36.2 Å². The summed E-state index contributed by atoms with van der Waals surface area (Å²) in [5.41, 5.74) is 1.04. The molecule has 1 aromatic carbocycles. The van der Waals surface area contributed by atoms with Gasteiger partial charge in [-0.2, -0.15) is 0 Å². The summed E-state index contributed by atoms with van der Waals surface area (Å²) in [6, 6.07) is 5.62. The lowest BCUT2D eigenvalue weighted by Crippen LogP contribution is -2.82. The van der Waals surface area contributed by atoms with Gasteiger partial charge in [0, 0.05) is 5.56 Å². The summed E-state index contributed by atoms with van der Waals surface area (Å²) >= 11 is 12.0. The molecule has 0 aromatic heterocycles. The van der Waals surface area contributed by atoms with Crippen molar-refractivity contribution < 1.29 is 5.32 Å². The van der Waals surface area contributed by atoms with Crippen molar-refractivity contribution in [3.8, 4) is 0 Å². The van der Waals surface area contributed by atoms with Gasteiger partial charge in [0.25, 0.3) is 0 Å². The lowest BCUT2D eigenvalue weighted by atomic mass is 10.2. The third-order valence-electron chi connectivity index (χ3n) is 1.90. The zero-order valence-corrected chi connectivity index (χ0v) is 9.20. The Morgan fingerprint density at radius 3 is 2.38 bits per heavy atom. The summed E-state index contributed by atoms with van der Waals surface area (Å²) in [5.74, 6) is 0.